The van der Waals surface area contributed by atoms with E-state index in [2.05, 4.69) is 42.1 Å². The van der Waals surface area contributed by atoms with Crippen molar-refractivity contribution in [2.24, 2.45) is 11.3 Å². The lowest BCUT2D eigenvalue weighted by Gasteiger charge is -2.40. The lowest BCUT2D eigenvalue weighted by molar-refractivity contribution is -0.147. The zero-order chi connectivity index (χ0) is 24.5. The van der Waals surface area contributed by atoms with E-state index in [1.54, 1.807) is 11.9 Å². The SMILES string of the molecule is CNC(=O)[C@@H]1C[C@@H](O)CN1C(=O)[C@@H](N1CC(C2CCC(OC(C)C)N(C)C2)NN1)C(C)(C)C. The van der Waals surface area contributed by atoms with Crippen LogP contribution in [0.1, 0.15) is 53.9 Å². The molecule has 0 spiro atoms. The van der Waals surface area contributed by atoms with Crippen molar-refractivity contribution in [2.75, 3.05) is 33.7 Å². The summed E-state index contributed by atoms with van der Waals surface area (Å²) in [7, 11) is 3.67. The zero-order valence-corrected chi connectivity index (χ0v) is 21.3. The molecule has 3 unspecified atom stereocenters. The summed E-state index contributed by atoms with van der Waals surface area (Å²) in [5.74, 6) is 0.0672. The first-order chi connectivity index (χ1) is 15.4. The van der Waals surface area contributed by atoms with Crippen molar-refractivity contribution in [1.82, 2.24) is 31.1 Å². The summed E-state index contributed by atoms with van der Waals surface area (Å²) in [5, 5.41) is 14.8. The van der Waals surface area contributed by atoms with Crippen LogP contribution < -0.4 is 16.3 Å². The van der Waals surface area contributed by atoms with Gasteiger partial charge in [-0.2, -0.15) is 5.53 Å². The lowest BCUT2D eigenvalue weighted by atomic mass is 9.84. The van der Waals surface area contributed by atoms with Crippen molar-refractivity contribution in [3.05, 3.63) is 0 Å². The Morgan fingerprint density at radius 3 is 2.42 bits per heavy atom. The maximum atomic E-state index is 13.7. The smallest absolute Gasteiger partial charge is 0.242 e. The van der Waals surface area contributed by atoms with Gasteiger partial charge in [-0.1, -0.05) is 20.8 Å². The summed E-state index contributed by atoms with van der Waals surface area (Å²) in [5.41, 5.74) is 6.31. The van der Waals surface area contributed by atoms with Gasteiger partial charge in [0.2, 0.25) is 11.8 Å². The third-order valence-electron chi connectivity index (χ3n) is 7.06. The molecular weight excluding hydrogens is 424 g/mol. The Hall–Kier alpha value is -1.30. The van der Waals surface area contributed by atoms with Gasteiger partial charge in [0, 0.05) is 39.1 Å². The Labute approximate surface area is 198 Å². The number of hydrazine groups is 2. The number of aliphatic hydroxyl groups excluding tert-OH is 1. The lowest BCUT2D eigenvalue weighted by Crippen LogP contribution is -2.60. The van der Waals surface area contributed by atoms with Crippen LogP contribution in [0.15, 0.2) is 0 Å². The Kier molecular flexibility index (Phi) is 8.40. The first kappa shape index (κ1) is 26.3. The normalized spacial score (nSPS) is 33.0. The molecule has 4 N–H and O–H groups in total. The number of hydrogen-bond donors (Lipinski definition) is 4. The van der Waals surface area contributed by atoms with E-state index in [4.69, 9.17) is 4.74 Å². The van der Waals surface area contributed by atoms with Crippen molar-refractivity contribution in [2.45, 2.75) is 90.4 Å². The number of likely N-dealkylation sites (N-methyl/N-ethyl adjacent to an activating group) is 1. The van der Waals surface area contributed by atoms with E-state index in [1.165, 1.54) is 0 Å². The molecule has 3 rings (SSSR count). The number of likely N-dealkylation sites (tertiary alicyclic amines) is 2. The van der Waals surface area contributed by atoms with Crippen LogP contribution >= 0.6 is 0 Å². The van der Waals surface area contributed by atoms with Crippen LogP contribution in [0, 0.1) is 11.3 Å². The molecule has 33 heavy (non-hydrogen) atoms. The first-order valence-electron chi connectivity index (χ1n) is 12.3. The number of amides is 2. The molecule has 190 valence electrons. The van der Waals surface area contributed by atoms with Crippen molar-refractivity contribution >= 4 is 11.8 Å². The van der Waals surface area contributed by atoms with Crippen LogP contribution in [0.3, 0.4) is 0 Å². The van der Waals surface area contributed by atoms with E-state index < -0.39 is 18.2 Å². The number of piperidine rings is 1. The van der Waals surface area contributed by atoms with Gasteiger partial charge in [-0.3, -0.25) is 14.5 Å². The maximum absolute atomic E-state index is 13.7. The average molecular weight is 469 g/mol. The van der Waals surface area contributed by atoms with Crippen LogP contribution in [0.4, 0.5) is 0 Å². The number of aliphatic hydroxyl groups is 1. The molecule has 3 saturated heterocycles. The predicted octanol–water partition coefficient (Wildman–Crippen LogP) is -0.105. The largest absolute Gasteiger partial charge is 0.391 e. The highest BCUT2D eigenvalue weighted by Gasteiger charge is 2.48. The molecule has 3 heterocycles. The molecule has 0 radical (unpaired) electrons. The monoisotopic (exact) mass is 468 g/mol. The molecule has 3 fully saturated rings. The van der Waals surface area contributed by atoms with E-state index in [0.717, 1.165) is 19.4 Å². The fourth-order valence-corrected chi connectivity index (χ4v) is 5.48. The summed E-state index contributed by atoms with van der Waals surface area (Å²) in [6, 6.07) is -0.923. The number of ether oxygens (including phenoxy) is 1. The second-order valence-electron chi connectivity index (χ2n) is 11.2. The van der Waals surface area contributed by atoms with Gasteiger partial charge in [0.1, 0.15) is 18.3 Å². The van der Waals surface area contributed by atoms with Crippen LogP contribution in [-0.4, -0.2) is 102 Å². The number of carbonyl (C=O) groups is 2. The van der Waals surface area contributed by atoms with E-state index >= 15 is 0 Å². The minimum Gasteiger partial charge on any atom is -0.391 e. The summed E-state index contributed by atoms with van der Waals surface area (Å²) < 4.78 is 6.03. The van der Waals surface area contributed by atoms with Gasteiger partial charge >= 0.3 is 0 Å². The number of nitrogens with zero attached hydrogens (tertiary/aromatic N) is 3. The Balaban J connectivity index is 1.69. The molecule has 3 aliphatic heterocycles. The molecule has 10 nitrogen and oxygen atoms in total. The second-order valence-corrected chi connectivity index (χ2v) is 11.2. The molecule has 0 saturated carbocycles. The molecule has 0 aromatic carbocycles. The number of rotatable bonds is 6. The van der Waals surface area contributed by atoms with Gasteiger partial charge in [-0.05, 0) is 45.1 Å². The minimum absolute atomic E-state index is 0.131. The standard InChI is InChI=1S/C23H44N6O4/c1-14(2)33-19-9-8-15(11-27(19)7)17-13-29(26-25-17)20(23(3,4)5)22(32)28-12-16(30)10-18(28)21(31)24-6/h14-20,25-26,30H,8-13H2,1-7H3,(H,24,31)/t15?,16-,17?,18+,19?,20-/m1/s1. The van der Waals surface area contributed by atoms with Crippen molar-refractivity contribution in [3.63, 3.8) is 0 Å². The highest BCUT2D eigenvalue weighted by molar-refractivity contribution is 5.90. The van der Waals surface area contributed by atoms with E-state index in [1.807, 2.05) is 25.8 Å². The summed E-state index contributed by atoms with van der Waals surface area (Å²) in [4.78, 5) is 29.9. The molecular formula is C23H44N6O4. The molecule has 0 aromatic rings. The third-order valence-corrected chi connectivity index (χ3v) is 7.06. The predicted molar refractivity (Wildman–Crippen MR) is 126 cm³/mol. The zero-order valence-electron chi connectivity index (χ0n) is 21.3. The van der Waals surface area contributed by atoms with E-state index in [9.17, 15) is 14.7 Å². The topological polar surface area (TPSA) is 109 Å². The summed E-state index contributed by atoms with van der Waals surface area (Å²) in [6.45, 7) is 12.0. The van der Waals surface area contributed by atoms with E-state index in [0.29, 0.717) is 12.5 Å². The first-order valence-corrected chi connectivity index (χ1v) is 12.3. The molecule has 0 aromatic heterocycles. The van der Waals surface area contributed by atoms with Gasteiger partial charge in [-0.15, -0.1) is 0 Å². The summed E-state index contributed by atoms with van der Waals surface area (Å²) >= 11 is 0. The molecule has 2 amide bonds. The van der Waals surface area contributed by atoms with Gasteiger partial charge in [-0.25, -0.2) is 10.4 Å². The van der Waals surface area contributed by atoms with Gasteiger partial charge < -0.3 is 20.1 Å². The third kappa shape index (κ3) is 6.04. The number of hydrogen-bond acceptors (Lipinski definition) is 8. The average Bonchev–Trinajstić information content (AvgIpc) is 3.34. The van der Waals surface area contributed by atoms with Crippen molar-refractivity contribution in [1.29, 1.82) is 0 Å². The Morgan fingerprint density at radius 1 is 1.15 bits per heavy atom. The highest BCUT2D eigenvalue weighted by atomic mass is 16.5. The molecule has 6 atom stereocenters. The molecule has 10 heteroatoms. The fourth-order valence-electron chi connectivity index (χ4n) is 5.48. The number of carbonyl (C=O) groups excluding carboxylic acids is 2. The van der Waals surface area contributed by atoms with E-state index in [-0.39, 0.29) is 48.6 Å². The van der Waals surface area contributed by atoms with Gasteiger partial charge in [0.15, 0.2) is 0 Å². The summed E-state index contributed by atoms with van der Waals surface area (Å²) in [6.07, 6.45) is 1.98. The van der Waals surface area contributed by atoms with Gasteiger partial charge in [0.25, 0.3) is 0 Å². The minimum atomic E-state index is -0.687. The molecule has 3 aliphatic rings. The van der Waals surface area contributed by atoms with Crippen LogP contribution in [0.2, 0.25) is 0 Å². The highest BCUT2D eigenvalue weighted by Crippen LogP contribution is 2.32. The molecule has 0 bridgehead atoms. The Morgan fingerprint density at radius 2 is 1.85 bits per heavy atom. The number of β-amino-alcohol motifs (C(OH)–C–C–N with tert-alkyl or cyclic N) is 1. The number of nitrogens with one attached hydrogen (secondary N) is 3. The maximum Gasteiger partial charge on any atom is 0.242 e. The Bertz CT molecular complexity index is 699. The van der Waals surface area contributed by atoms with Gasteiger partial charge in [0.05, 0.1) is 12.2 Å². The quantitative estimate of drug-likeness (QED) is 0.428. The van der Waals surface area contributed by atoms with Crippen LogP contribution in [0.5, 0.6) is 0 Å². The second kappa shape index (κ2) is 10.5. The van der Waals surface area contributed by atoms with Crippen molar-refractivity contribution in [3.8, 4) is 0 Å². The fraction of sp³-hybridized carbons (Fsp3) is 0.913. The molecule has 0 aliphatic carbocycles. The van der Waals surface area contributed by atoms with Crippen molar-refractivity contribution < 1.29 is 19.4 Å². The van der Waals surface area contributed by atoms with Crippen LogP contribution in [-0.2, 0) is 14.3 Å². The van der Waals surface area contributed by atoms with Crippen LogP contribution in [0.25, 0.3) is 0 Å².